The summed E-state index contributed by atoms with van der Waals surface area (Å²) in [5, 5.41) is 6.91. The number of halogens is 1. The van der Waals surface area contributed by atoms with Crippen molar-refractivity contribution in [2.24, 2.45) is 5.41 Å². The van der Waals surface area contributed by atoms with Gasteiger partial charge in [0.25, 0.3) is 5.91 Å². The average Bonchev–Trinajstić information content (AvgIpc) is 2.95. The molecule has 0 aromatic carbocycles. The number of nitrogens with zero attached hydrogens (tertiary/aromatic N) is 2. The van der Waals surface area contributed by atoms with E-state index in [0.717, 1.165) is 9.26 Å². The highest BCUT2D eigenvalue weighted by Crippen LogP contribution is 2.50. The van der Waals surface area contributed by atoms with Crippen LogP contribution in [-0.4, -0.2) is 21.6 Å². The summed E-state index contributed by atoms with van der Waals surface area (Å²) >= 11 is 2.08. The van der Waals surface area contributed by atoms with Crippen LogP contribution in [0.1, 0.15) is 23.3 Å². The zero-order chi connectivity index (χ0) is 10.8. The van der Waals surface area contributed by atoms with E-state index in [4.69, 9.17) is 0 Å². The van der Waals surface area contributed by atoms with E-state index < -0.39 is 5.41 Å². The summed E-state index contributed by atoms with van der Waals surface area (Å²) < 4.78 is 2.18. The lowest BCUT2D eigenvalue weighted by atomic mass is 10.0. The molecule has 0 radical (unpaired) electrons. The number of carbonyl (C=O) groups excluding carboxylic acids is 2. The van der Waals surface area contributed by atoms with Crippen LogP contribution in [0, 0.1) is 15.9 Å². The molecule has 78 valence electrons. The van der Waals surface area contributed by atoms with E-state index in [2.05, 4.69) is 33.0 Å². The lowest BCUT2D eigenvalue weighted by Crippen LogP contribution is -2.41. The summed E-state index contributed by atoms with van der Waals surface area (Å²) in [6.45, 7) is 1.83. The van der Waals surface area contributed by atoms with Gasteiger partial charge in [0.1, 0.15) is 5.41 Å². The van der Waals surface area contributed by atoms with Crippen LogP contribution >= 0.6 is 22.6 Å². The number of hydrogen-bond donors (Lipinski definition) is 1. The lowest BCUT2D eigenvalue weighted by Gasteiger charge is -2.21. The summed E-state index contributed by atoms with van der Waals surface area (Å²) in [6, 6.07) is 0. The van der Waals surface area contributed by atoms with Crippen molar-refractivity contribution in [3.63, 3.8) is 0 Å². The van der Waals surface area contributed by atoms with Crippen molar-refractivity contribution in [1.29, 1.82) is 0 Å². The SMILES string of the molecule is Cc1nn2c(c1I)NC(=O)C1(CC1)C2=O. The second kappa shape index (κ2) is 2.60. The fourth-order valence-corrected chi connectivity index (χ4v) is 2.33. The first-order chi connectivity index (χ1) is 7.06. The Bertz CT molecular complexity index is 502. The number of amides is 1. The molecule has 1 amide bonds. The van der Waals surface area contributed by atoms with Gasteiger partial charge < -0.3 is 5.32 Å². The van der Waals surface area contributed by atoms with Gasteiger partial charge in [-0.05, 0) is 42.4 Å². The Morgan fingerprint density at radius 1 is 1.47 bits per heavy atom. The Morgan fingerprint density at radius 3 is 2.73 bits per heavy atom. The molecule has 1 saturated carbocycles. The van der Waals surface area contributed by atoms with E-state index in [1.54, 1.807) is 0 Å². The first kappa shape index (κ1) is 9.32. The van der Waals surface area contributed by atoms with Crippen LogP contribution in [0.2, 0.25) is 0 Å². The first-order valence-electron chi connectivity index (χ1n) is 4.68. The predicted molar refractivity (Wildman–Crippen MR) is 60.6 cm³/mol. The maximum absolute atomic E-state index is 12.0. The molecule has 0 saturated heterocycles. The number of aryl methyl sites for hydroxylation is 1. The van der Waals surface area contributed by atoms with Crippen LogP contribution in [0.25, 0.3) is 0 Å². The highest BCUT2D eigenvalue weighted by Gasteiger charge is 2.60. The topological polar surface area (TPSA) is 64.0 Å². The van der Waals surface area contributed by atoms with Crippen LogP contribution in [0.4, 0.5) is 5.82 Å². The van der Waals surface area contributed by atoms with Crippen LogP contribution < -0.4 is 5.32 Å². The number of nitrogens with one attached hydrogen (secondary N) is 1. The standard InChI is InChI=1S/C9H8IN3O2/c1-4-5(10)6-11-7(14)9(2-3-9)8(15)13(6)12-4/h2-3H2,1H3,(H,11,14). The minimum absolute atomic E-state index is 0.169. The quantitative estimate of drug-likeness (QED) is 0.577. The zero-order valence-corrected chi connectivity index (χ0v) is 10.2. The lowest BCUT2D eigenvalue weighted by molar-refractivity contribution is -0.120. The summed E-state index contributed by atoms with van der Waals surface area (Å²) in [5.41, 5.74) is -0.0221. The molecule has 2 heterocycles. The molecule has 1 aliphatic heterocycles. The molecule has 1 N–H and O–H groups in total. The van der Waals surface area contributed by atoms with Gasteiger partial charge in [0.2, 0.25) is 5.91 Å². The second-order valence-electron chi connectivity index (χ2n) is 4.00. The Morgan fingerprint density at radius 2 is 2.13 bits per heavy atom. The Balaban J connectivity index is 2.22. The summed E-state index contributed by atoms with van der Waals surface area (Å²) in [6.07, 6.45) is 1.29. The van der Waals surface area contributed by atoms with E-state index in [0.29, 0.717) is 18.7 Å². The van der Waals surface area contributed by atoms with Crippen molar-refractivity contribution < 1.29 is 9.59 Å². The van der Waals surface area contributed by atoms with Gasteiger partial charge in [-0.2, -0.15) is 9.78 Å². The molecule has 15 heavy (non-hydrogen) atoms. The molecule has 0 bridgehead atoms. The highest BCUT2D eigenvalue weighted by molar-refractivity contribution is 14.1. The van der Waals surface area contributed by atoms with Gasteiger partial charge in [0.05, 0.1) is 9.26 Å². The second-order valence-corrected chi connectivity index (χ2v) is 5.08. The van der Waals surface area contributed by atoms with Crippen molar-refractivity contribution in [3.05, 3.63) is 9.26 Å². The molecule has 1 spiro atoms. The molecule has 2 aliphatic rings. The zero-order valence-electron chi connectivity index (χ0n) is 8.00. The van der Waals surface area contributed by atoms with Gasteiger partial charge in [-0.15, -0.1) is 0 Å². The van der Waals surface area contributed by atoms with Crippen molar-refractivity contribution in [2.75, 3.05) is 5.32 Å². The molecule has 1 aliphatic carbocycles. The molecular formula is C9H8IN3O2. The average molecular weight is 317 g/mol. The maximum Gasteiger partial charge on any atom is 0.264 e. The maximum atomic E-state index is 12.0. The van der Waals surface area contributed by atoms with Gasteiger partial charge in [0.15, 0.2) is 5.82 Å². The third-order valence-electron chi connectivity index (χ3n) is 3.01. The van der Waals surface area contributed by atoms with Crippen LogP contribution in [-0.2, 0) is 4.79 Å². The number of anilines is 1. The summed E-state index contributed by atoms with van der Waals surface area (Å²) in [7, 11) is 0. The Labute approximate surface area is 99.4 Å². The van der Waals surface area contributed by atoms with Crippen molar-refractivity contribution >= 4 is 40.2 Å². The van der Waals surface area contributed by atoms with Gasteiger partial charge in [-0.3, -0.25) is 9.59 Å². The smallest absolute Gasteiger partial charge is 0.264 e. The molecule has 1 aromatic heterocycles. The molecule has 0 atom stereocenters. The minimum Gasteiger partial charge on any atom is -0.309 e. The monoisotopic (exact) mass is 317 g/mol. The molecule has 3 rings (SSSR count). The van der Waals surface area contributed by atoms with Crippen LogP contribution in [0.5, 0.6) is 0 Å². The minimum atomic E-state index is -0.797. The van der Waals surface area contributed by atoms with Crippen LogP contribution in [0.3, 0.4) is 0 Å². The number of aromatic nitrogens is 2. The number of fused-ring (bicyclic) bond motifs is 1. The van der Waals surface area contributed by atoms with Gasteiger partial charge >= 0.3 is 0 Å². The Hall–Kier alpha value is -0.920. The highest BCUT2D eigenvalue weighted by atomic mass is 127. The largest absolute Gasteiger partial charge is 0.309 e. The fourth-order valence-electron chi connectivity index (χ4n) is 1.86. The molecule has 6 heteroatoms. The number of carbonyl (C=O) groups is 2. The molecule has 1 fully saturated rings. The summed E-state index contributed by atoms with van der Waals surface area (Å²) in [4.78, 5) is 23.7. The van der Waals surface area contributed by atoms with Gasteiger partial charge in [-0.25, -0.2) is 0 Å². The van der Waals surface area contributed by atoms with E-state index in [1.807, 2.05) is 6.92 Å². The molecule has 1 aromatic rings. The normalized spacial score (nSPS) is 21.5. The van der Waals surface area contributed by atoms with E-state index in [1.165, 1.54) is 4.68 Å². The summed E-state index contributed by atoms with van der Waals surface area (Å²) in [5.74, 6) is 0.186. The van der Waals surface area contributed by atoms with Crippen molar-refractivity contribution in [1.82, 2.24) is 9.78 Å². The molecular weight excluding hydrogens is 309 g/mol. The van der Waals surface area contributed by atoms with Crippen molar-refractivity contribution in [2.45, 2.75) is 19.8 Å². The third-order valence-corrected chi connectivity index (χ3v) is 4.30. The van der Waals surface area contributed by atoms with E-state index in [-0.39, 0.29) is 11.8 Å². The number of hydrogen-bond acceptors (Lipinski definition) is 3. The van der Waals surface area contributed by atoms with Gasteiger partial charge in [0, 0.05) is 0 Å². The van der Waals surface area contributed by atoms with Crippen molar-refractivity contribution in [3.8, 4) is 0 Å². The number of rotatable bonds is 0. The molecule has 5 nitrogen and oxygen atoms in total. The molecule has 0 unspecified atom stereocenters. The fraction of sp³-hybridized carbons (Fsp3) is 0.444. The predicted octanol–water partition coefficient (Wildman–Crippen LogP) is 1.17. The van der Waals surface area contributed by atoms with Crippen LogP contribution in [0.15, 0.2) is 0 Å². The van der Waals surface area contributed by atoms with E-state index in [9.17, 15) is 9.59 Å². The Kier molecular flexibility index (Phi) is 1.62. The van der Waals surface area contributed by atoms with Gasteiger partial charge in [-0.1, -0.05) is 0 Å². The van der Waals surface area contributed by atoms with E-state index >= 15 is 0 Å². The first-order valence-corrected chi connectivity index (χ1v) is 5.75. The third kappa shape index (κ3) is 1.000.